The van der Waals surface area contributed by atoms with E-state index in [2.05, 4.69) is 10.3 Å². The number of hydrogen-bond acceptors (Lipinski definition) is 6. The maximum Gasteiger partial charge on any atom is 0.257 e. The van der Waals surface area contributed by atoms with Gasteiger partial charge in [0.15, 0.2) is 0 Å². The Hall–Kier alpha value is -4.10. The molecule has 0 aliphatic carbocycles. The summed E-state index contributed by atoms with van der Waals surface area (Å²) in [6.45, 7) is 1.91. The van der Waals surface area contributed by atoms with Gasteiger partial charge in [-0.3, -0.25) is 14.9 Å². The van der Waals surface area contributed by atoms with Crippen molar-refractivity contribution in [2.75, 3.05) is 6.26 Å². The van der Waals surface area contributed by atoms with Crippen LogP contribution in [-0.2, 0) is 17.6 Å². The zero-order valence-electron chi connectivity index (χ0n) is 20.6. The standard InChI is InChI=1S/C30H26N2O4S/c1-19-25(31-30(35-19)22-11-7-4-8-12-22)18-24-17-23-15-20(13-14-26(23)36-24)16-27(37-2)29(34)32-28(33)21-9-5-3-6-10-21/h3-15,17,27H,16,18H2,1-2H3,(H,32,33,34). The molecule has 2 heterocycles. The molecule has 0 saturated carbocycles. The third-order valence-electron chi connectivity index (χ3n) is 6.16. The predicted octanol–water partition coefficient (Wildman–Crippen LogP) is 6.22. The quantitative estimate of drug-likeness (QED) is 0.267. The SMILES string of the molecule is CSC(Cc1ccc2oc(Cc3nc(-c4ccccc4)oc3C)cc2c1)C(=O)NC(=O)c1ccccc1. The summed E-state index contributed by atoms with van der Waals surface area (Å²) in [5.41, 5.74) is 3.99. The molecule has 1 unspecified atom stereocenters. The smallest absolute Gasteiger partial charge is 0.257 e. The van der Waals surface area contributed by atoms with Crippen molar-refractivity contribution in [3.8, 4) is 11.5 Å². The van der Waals surface area contributed by atoms with Crippen LogP contribution >= 0.6 is 11.8 Å². The number of aryl methyl sites for hydroxylation is 1. The van der Waals surface area contributed by atoms with Gasteiger partial charge in [0.05, 0.1) is 17.4 Å². The van der Waals surface area contributed by atoms with Crippen molar-refractivity contribution in [1.82, 2.24) is 10.3 Å². The van der Waals surface area contributed by atoms with Gasteiger partial charge in [0.2, 0.25) is 11.8 Å². The topological polar surface area (TPSA) is 85.3 Å². The lowest BCUT2D eigenvalue weighted by atomic mass is 10.1. The van der Waals surface area contributed by atoms with Gasteiger partial charge in [-0.2, -0.15) is 11.8 Å². The second-order valence-corrected chi connectivity index (χ2v) is 9.80. The van der Waals surface area contributed by atoms with Gasteiger partial charge in [-0.15, -0.1) is 0 Å². The number of aromatic nitrogens is 1. The first-order chi connectivity index (χ1) is 18.0. The third kappa shape index (κ3) is 5.67. The Morgan fingerprint density at radius 2 is 1.68 bits per heavy atom. The van der Waals surface area contributed by atoms with E-state index < -0.39 is 11.2 Å². The predicted molar refractivity (Wildman–Crippen MR) is 146 cm³/mol. The maximum atomic E-state index is 12.8. The van der Waals surface area contributed by atoms with E-state index in [-0.39, 0.29) is 5.91 Å². The summed E-state index contributed by atoms with van der Waals surface area (Å²) in [6, 6.07) is 26.5. The van der Waals surface area contributed by atoms with Crippen molar-refractivity contribution in [2.45, 2.75) is 25.0 Å². The van der Waals surface area contributed by atoms with E-state index in [4.69, 9.17) is 8.83 Å². The third-order valence-corrected chi connectivity index (χ3v) is 7.11. The molecule has 1 atom stereocenters. The Morgan fingerprint density at radius 1 is 0.946 bits per heavy atom. The average molecular weight is 511 g/mol. The summed E-state index contributed by atoms with van der Waals surface area (Å²) in [4.78, 5) is 29.9. The van der Waals surface area contributed by atoms with Gasteiger partial charge in [0.25, 0.3) is 5.91 Å². The average Bonchev–Trinajstić information content (AvgIpc) is 3.50. The molecule has 5 aromatic rings. The Bertz CT molecular complexity index is 1540. The minimum absolute atomic E-state index is 0.301. The molecular formula is C30H26N2O4S. The Balaban J connectivity index is 1.28. The van der Waals surface area contributed by atoms with E-state index in [1.54, 1.807) is 24.3 Å². The Morgan fingerprint density at radius 3 is 2.41 bits per heavy atom. The molecule has 2 amide bonds. The summed E-state index contributed by atoms with van der Waals surface area (Å²) >= 11 is 1.42. The number of benzene rings is 3. The molecule has 6 nitrogen and oxygen atoms in total. The first kappa shape index (κ1) is 24.6. The largest absolute Gasteiger partial charge is 0.461 e. The second kappa shape index (κ2) is 10.9. The van der Waals surface area contributed by atoms with Crippen molar-refractivity contribution < 1.29 is 18.4 Å². The van der Waals surface area contributed by atoms with Crippen LogP contribution in [0, 0.1) is 6.92 Å². The highest BCUT2D eigenvalue weighted by molar-refractivity contribution is 7.99. The van der Waals surface area contributed by atoms with Crippen molar-refractivity contribution in [1.29, 1.82) is 0 Å². The number of amides is 2. The van der Waals surface area contributed by atoms with Crippen LogP contribution in [0.1, 0.15) is 33.1 Å². The van der Waals surface area contributed by atoms with Gasteiger partial charge < -0.3 is 8.83 Å². The lowest BCUT2D eigenvalue weighted by Gasteiger charge is -2.14. The highest BCUT2D eigenvalue weighted by atomic mass is 32.2. The number of carbonyl (C=O) groups excluding carboxylic acids is 2. The van der Waals surface area contributed by atoms with Crippen LogP contribution in [0.25, 0.3) is 22.4 Å². The molecule has 0 aliphatic heterocycles. The zero-order valence-corrected chi connectivity index (χ0v) is 21.4. The minimum Gasteiger partial charge on any atom is -0.461 e. The number of rotatable bonds is 8. The van der Waals surface area contributed by atoms with Crippen molar-refractivity contribution in [3.63, 3.8) is 0 Å². The van der Waals surface area contributed by atoms with Gasteiger partial charge >= 0.3 is 0 Å². The van der Waals surface area contributed by atoms with Crippen LogP contribution < -0.4 is 5.32 Å². The molecule has 5 rings (SSSR count). The highest BCUT2D eigenvalue weighted by Gasteiger charge is 2.21. The van der Waals surface area contributed by atoms with E-state index in [0.717, 1.165) is 39.3 Å². The minimum atomic E-state index is -0.398. The van der Waals surface area contributed by atoms with Crippen LogP contribution in [0.15, 0.2) is 93.8 Å². The monoisotopic (exact) mass is 510 g/mol. The van der Waals surface area contributed by atoms with Gasteiger partial charge in [0, 0.05) is 16.5 Å². The molecule has 186 valence electrons. The van der Waals surface area contributed by atoms with Crippen LogP contribution in [0.4, 0.5) is 0 Å². The first-order valence-electron chi connectivity index (χ1n) is 12.0. The molecular weight excluding hydrogens is 484 g/mol. The lowest BCUT2D eigenvalue weighted by molar-refractivity contribution is -0.119. The maximum absolute atomic E-state index is 12.8. The summed E-state index contributed by atoms with van der Waals surface area (Å²) in [7, 11) is 0. The van der Waals surface area contributed by atoms with Crippen molar-refractivity contribution >= 4 is 34.5 Å². The number of carbonyl (C=O) groups is 2. The van der Waals surface area contributed by atoms with Crippen LogP contribution in [-0.4, -0.2) is 28.3 Å². The van der Waals surface area contributed by atoms with Crippen LogP contribution in [0.2, 0.25) is 0 Å². The summed E-state index contributed by atoms with van der Waals surface area (Å²) in [5, 5.41) is 3.08. The summed E-state index contributed by atoms with van der Waals surface area (Å²) in [6.07, 6.45) is 2.88. The second-order valence-electron chi connectivity index (χ2n) is 8.76. The summed E-state index contributed by atoms with van der Waals surface area (Å²) < 4.78 is 11.9. The van der Waals surface area contributed by atoms with E-state index in [9.17, 15) is 9.59 Å². The van der Waals surface area contributed by atoms with E-state index in [0.29, 0.717) is 24.3 Å². The zero-order chi connectivity index (χ0) is 25.8. The fourth-order valence-electron chi connectivity index (χ4n) is 4.17. The first-order valence-corrected chi connectivity index (χ1v) is 13.2. The number of furan rings is 1. The molecule has 0 aliphatic rings. The Labute approximate surface area is 219 Å². The van der Waals surface area contributed by atoms with Crippen molar-refractivity contribution in [2.24, 2.45) is 0 Å². The molecule has 3 aromatic carbocycles. The molecule has 0 spiro atoms. The molecule has 0 bridgehead atoms. The molecule has 2 aromatic heterocycles. The highest BCUT2D eigenvalue weighted by Crippen LogP contribution is 2.27. The molecule has 0 fully saturated rings. The number of nitrogens with one attached hydrogen (secondary N) is 1. The lowest BCUT2D eigenvalue weighted by Crippen LogP contribution is -2.38. The van der Waals surface area contributed by atoms with E-state index in [1.807, 2.05) is 73.8 Å². The van der Waals surface area contributed by atoms with Gasteiger partial charge in [-0.1, -0.05) is 42.5 Å². The number of hydrogen-bond donors (Lipinski definition) is 1. The van der Waals surface area contributed by atoms with Gasteiger partial charge in [-0.05, 0) is 67.6 Å². The fraction of sp³-hybridized carbons (Fsp3) is 0.167. The summed E-state index contributed by atoms with van der Waals surface area (Å²) in [5.74, 6) is 1.46. The van der Waals surface area contributed by atoms with E-state index in [1.165, 1.54) is 11.8 Å². The fourth-order valence-corrected chi connectivity index (χ4v) is 4.81. The molecule has 0 radical (unpaired) electrons. The number of thioether (sulfide) groups is 1. The number of oxazole rings is 1. The van der Waals surface area contributed by atoms with Crippen LogP contribution in [0.3, 0.4) is 0 Å². The van der Waals surface area contributed by atoms with Gasteiger partial charge in [0.1, 0.15) is 17.1 Å². The normalized spacial score (nSPS) is 11.9. The number of nitrogens with zero attached hydrogens (tertiary/aromatic N) is 1. The molecule has 1 N–H and O–H groups in total. The Kier molecular flexibility index (Phi) is 7.23. The molecule has 37 heavy (non-hydrogen) atoms. The molecule has 7 heteroatoms. The van der Waals surface area contributed by atoms with Crippen molar-refractivity contribution in [3.05, 3.63) is 113 Å². The van der Waals surface area contributed by atoms with E-state index >= 15 is 0 Å². The molecule has 0 saturated heterocycles. The van der Waals surface area contributed by atoms with Crippen LogP contribution in [0.5, 0.6) is 0 Å². The van der Waals surface area contributed by atoms with Gasteiger partial charge in [-0.25, -0.2) is 4.98 Å². The number of fused-ring (bicyclic) bond motifs is 1. The number of imide groups is 1.